The lowest BCUT2D eigenvalue weighted by molar-refractivity contribution is 0.589. The fraction of sp³-hybridized carbons (Fsp3) is 0.400. The molecular formula is C15H21N3O2S. The molecule has 0 unspecified atom stereocenters. The summed E-state index contributed by atoms with van der Waals surface area (Å²) < 4.78 is 26.3. The van der Waals surface area contributed by atoms with Gasteiger partial charge in [-0.25, -0.2) is 8.42 Å². The second-order valence-electron chi connectivity index (χ2n) is 4.86. The Morgan fingerprint density at radius 2 is 2.05 bits per heavy atom. The average molecular weight is 307 g/mol. The molecule has 5 nitrogen and oxygen atoms in total. The number of rotatable bonds is 8. The SMILES string of the molecule is CCCS(=O)(=O)c1ccccc1NCCCn1cccn1. The number of aromatic nitrogens is 2. The van der Waals surface area contributed by atoms with Gasteiger partial charge in [-0.2, -0.15) is 5.10 Å². The Hall–Kier alpha value is -1.82. The van der Waals surface area contributed by atoms with Crippen LogP contribution in [0.5, 0.6) is 0 Å². The van der Waals surface area contributed by atoms with E-state index in [2.05, 4.69) is 10.4 Å². The fourth-order valence-electron chi connectivity index (χ4n) is 2.16. The standard InChI is InChI=1S/C15H21N3O2S/c1-2-13-21(19,20)15-8-4-3-7-14(15)16-9-5-11-18-12-6-10-17-18/h3-4,6-8,10,12,16H,2,5,9,11,13H2,1H3. The molecule has 0 bridgehead atoms. The van der Waals surface area contributed by atoms with Crippen LogP contribution in [0, 0.1) is 0 Å². The molecule has 21 heavy (non-hydrogen) atoms. The van der Waals surface area contributed by atoms with Crippen LogP contribution in [-0.2, 0) is 16.4 Å². The van der Waals surface area contributed by atoms with Crippen LogP contribution in [0.25, 0.3) is 0 Å². The van der Waals surface area contributed by atoms with Crippen molar-refractivity contribution in [2.24, 2.45) is 0 Å². The summed E-state index contributed by atoms with van der Waals surface area (Å²) in [5, 5.41) is 7.35. The van der Waals surface area contributed by atoms with Crippen molar-refractivity contribution < 1.29 is 8.42 Å². The molecule has 0 radical (unpaired) electrons. The Balaban J connectivity index is 1.97. The number of anilines is 1. The maximum absolute atomic E-state index is 12.2. The molecule has 0 atom stereocenters. The normalized spacial score (nSPS) is 11.5. The lowest BCUT2D eigenvalue weighted by Gasteiger charge is -2.12. The molecule has 0 saturated carbocycles. The molecule has 1 aromatic carbocycles. The minimum Gasteiger partial charge on any atom is -0.384 e. The highest BCUT2D eigenvalue weighted by Gasteiger charge is 2.16. The van der Waals surface area contributed by atoms with Crippen LogP contribution in [-0.4, -0.2) is 30.5 Å². The van der Waals surface area contributed by atoms with Gasteiger partial charge >= 0.3 is 0 Å². The highest BCUT2D eigenvalue weighted by atomic mass is 32.2. The van der Waals surface area contributed by atoms with Gasteiger partial charge in [0.25, 0.3) is 0 Å². The van der Waals surface area contributed by atoms with Gasteiger partial charge in [0.05, 0.1) is 16.3 Å². The van der Waals surface area contributed by atoms with E-state index >= 15 is 0 Å². The van der Waals surface area contributed by atoms with Crippen LogP contribution in [0.15, 0.2) is 47.6 Å². The molecule has 0 saturated heterocycles. The Labute approximate surface area is 125 Å². The smallest absolute Gasteiger partial charge is 0.180 e. The molecule has 0 fully saturated rings. The molecule has 2 aromatic rings. The third-order valence-corrected chi connectivity index (χ3v) is 5.11. The Morgan fingerprint density at radius 3 is 2.76 bits per heavy atom. The van der Waals surface area contributed by atoms with Gasteiger partial charge in [-0.1, -0.05) is 19.1 Å². The summed E-state index contributed by atoms with van der Waals surface area (Å²) in [6, 6.07) is 8.98. The van der Waals surface area contributed by atoms with E-state index in [-0.39, 0.29) is 5.75 Å². The minimum atomic E-state index is -3.20. The van der Waals surface area contributed by atoms with Crippen LogP contribution in [0.2, 0.25) is 0 Å². The molecule has 114 valence electrons. The van der Waals surface area contributed by atoms with E-state index in [1.165, 1.54) is 0 Å². The molecule has 2 rings (SSSR count). The van der Waals surface area contributed by atoms with Crippen molar-refractivity contribution in [2.75, 3.05) is 17.6 Å². The van der Waals surface area contributed by atoms with Crippen molar-refractivity contribution in [3.05, 3.63) is 42.7 Å². The third kappa shape index (κ3) is 4.32. The highest BCUT2D eigenvalue weighted by Crippen LogP contribution is 2.22. The monoisotopic (exact) mass is 307 g/mol. The van der Waals surface area contributed by atoms with E-state index in [4.69, 9.17) is 0 Å². The van der Waals surface area contributed by atoms with Crippen molar-refractivity contribution in [1.29, 1.82) is 0 Å². The summed E-state index contributed by atoms with van der Waals surface area (Å²) >= 11 is 0. The average Bonchev–Trinajstić information content (AvgIpc) is 2.97. The Morgan fingerprint density at radius 1 is 1.24 bits per heavy atom. The summed E-state index contributed by atoms with van der Waals surface area (Å²) in [7, 11) is -3.20. The summed E-state index contributed by atoms with van der Waals surface area (Å²) in [6.07, 6.45) is 5.17. The van der Waals surface area contributed by atoms with Crippen LogP contribution in [0.3, 0.4) is 0 Å². The molecular weight excluding hydrogens is 286 g/mol. The van der Waals surface area contributed by atoms with Crippen molar-refractivity contribution in [3.8, 4) is 0 Å². The van der Waals surface area contributed by atoms with Crippen LogP contribution in [0.1, 0.15) is 19.8 Å². The summed E-state index contributed by atoms with van der Waals surface area (Å²) in [6.45, 7) is 3.39. The summed E-state index contributed by atoms with van der Waals surface area (Å²) in [4.78, 5) is 0.394. The van der Waals surface area contributed by atoms with Crippen molar-refractivity contribution in [1.82, 2.24) is 9.78 Å². The van der Waals surface area contributed by atoms with E-state index < -0.39 is 9.84 Å². The van der Waals surface area contributed by atoms with E-state index in [0.717, 1.165) is 13.0 Å². The van der Waals surface area contributed by atoms with E-state index in [1.807, 2.05) is 36.0 Å². The van der Waals surface area contributed by atoms with Crippen LogP contribution < -0.4 is 5.32 Å². The second-order valence-corrected chi connectivity index (χ2v) is 6.94. The van der Waals surface area contributed by atoms with Gasteiger partial charge < -0.3 is 5.32 Å². The zero-order valence-electron chi connectivity index (χ0n) is 12.2. The summed E-state index contributed by atoms with van der Waals surface area (Å²) in [5.41, 5.74) is 0.686. The largest absolute Gasteiger partial charge is 0.384 e. The summed E-state index contributed by atoms with van der Waals surface area (Å²) in [5.74, 6) is 0.180. The number of aryl methyl sites for hydroxylation is 1. The first-order chi connectivity index (χ1) is 10.1. The number of para-hydroxylation sites is 1. The van der Waals surface area contributed by atoms with Gasteiger partial charge in [0.2, 0.25) is 0 Å². The topological polar surface area (TPSA) is 64.0 Å². The zero-order chi connectivity index (χ0) is 15.1. The first-order valence-electron chi connectivity index (χ1n) is 7.16. The maximum atomic E-state index is 12.2. The number of hydrogen-bond acceptors (Lipinski definition) is 4. The Bertz CT molecular complexity index is 651. The maximum Gasteiger partial charge on any atom is 0.180 e. The van der Waals surface area contributed by atoms with Gasteiger partial charge in [-0.3, -0.25) is 4.68 Å². The molecule has 1 heterocycles. The minimum absolute atomic E-state index is 0.180. The van der Waals surface area contributed by atoms with Gasteiger partial charge in [-0.15, -0.1) is 0 Å². The molecule has 6 heteroatoms. The molecule has 0 aliphatic carbocycles. The van der Waals surface area contributed by atoms with Gasteiger partial charge in [0, 0.05) is 25.5 Å². The lowest BCUT2D eigenvalue weighted by atomic mass is 10.3. The quantitative estimate of drug-likeness (QED) is 0.761. The second kappa shape index (κ2) is 7.26. The first-order valence-corrected chi connectivity index (χ1v) is 8.82. The van der Waals surface area contributed by atoms with Gasteiger partial charge in [0.15, 0.2) is 9.84 Å². The van der Waals surface area contributed by atoms with Crippen molar-refractivity contribution >= 4 is 15.5 Å². The van der Waals surface area contributed by atoms with Crippen molar-refractivity contribution in [3.63, 3.8) is 0 Å². The first kappa shape index (κ1) is 15.6. The fourth-order valence-corrected chi connectivity index (χ4v) is 3.68. The number of nitrogens with one attached hydrogen (secondary N) is 1. The number of sulfone groups is 1. The Kier molecular flexibility index (Phi) is 5.38. The van der Waals surface area contributed by atoms with E-state index in [9.17, 15) is 8.42 Å². The third-order valence-electron chi connectivity index (χ3n) is 3.13. The lowest BCUT2D eigenvalue weighted by Crippen LogP contribution is -2.12. The predicted molar refractivity (Wildman–Crippen MR) is 84.1 cm³/mol. The van der Waals surface area contributed by atoms with Gasteiger partial charge in [-0.05, 0) is 31.0 Å². The number of benzene rings is 1. The highest BCUT2D eigenvalue weighted by molar-refractivity contribution is 7.91. The van der Waals surface area contributed by atoms with E-state index in [0.29, 0.717) is 23.5 Å². The molecule has 0 amide bonds. The molecule has 0 aliphatic heterocycles. The number of hydrogen-bond donors (Lipinski definition) is 1. The van der Waals surface area contributed by atoms with Gasteiger partial charge in [0.1, 0.15) is 0 Å². The number of nitrogens with zero attached hydrogens (tertiary/aromatic N) is 2. The van der Waals surface area contributed by atoms with Crippen molar-refractivity contribution in [2.45, 2.75) is 31.2 Å². The van der Waals surface area contributed by atoms with Crippen LogP contribution >= 0.6 is 0 Å². The molecule has 1 aromatic heterocycles. The van der Waals surface area contributed by atoms with E-state index in [1.54, 1.807) is 18.3 Å². The molecule has 1 N–H and O–H groups in total. The van der Waals surface area contributed by atoms with Crippen LogP contribution in [0.4, 0.5) is 5.69 Å². The predicted octanol–water partition coefficient (Wildman–Crippen LogP) is 2.57. The molecule has 0 aliphatic rings. The zero-order valence-corrected chi connectivity index (χ0v) is 13.0. The molecule has 0 spiro atoms.